The zero-order chi connectivity index (χ0) is 15.1. The van der Waals surface area contributed by atoms with Gasteiger partial charge in [0.1, 0.15) is 0 Å². The van der Waals surface area contributed by atoms with Crippen molar-refractivity contribution in [3.63, 3.8) is 0 Å². The molecule has 106 valence electrons. The van der Waals surface area contributed by atoms with E-state index in [1.807, 2.05) is 54.6 Å². The summed E-state index contributed by atoms with van der Waals surface area (Å²) in [6.07, 6.45) is 1.76. The molecule has 0 spiro atoms. The third-order valence-corrected chi connectivity index (χ3v) is 4.16. The molecule has 0 amide bonds. The van der Waals surface area contributed by atoms with Crippen molar-refractivity contribution in [2.45, 2.75) is 0 Å². The van der Waals surface area contributed by atoms with Gasteiger partial charge < -0.3 is 4.98 Å². The van der Waals surface area contributed by atoms with Crippen LogP contribution in [-0.4, -0.2) is 10.8 Å². The Kier molecular flexibility index (Phi) is 2.98. The first-order valence-corrected chi connectivity index (χ1v) is 7.41. The number of halogens is 1. The first kappa shape index (κ1) is 13.1. The van der Waals surface area contributed by atoms with E-state index < -0.39 is 0 Å². The number of benzene rings is 3. The average Bonchev–Trinajstić information content (AvgIpc) is 2.96. The van der Waals surface area contributed by atoms with Crippen LogP contribution in [0.5, 0.6) is 0 Å². The van der Waals surface area contributed by atoms with Gasteiger partial charge in [0.25, 0.3) is 0 Å². The Morgan fingerprint density at radius 1 is 0.864 bits per heavy atom. The Balaban J connectivity index is 1.92. The van der Waals surface area contributed by atoms with Crippen LogP contribution >= 0.6 is 11.6 Å². The summed E-state index contributed by atoms with van der Waals surface area (Å²) >= 11 is 6.00. The van der Waals surface area contributed by atoms with Gasteiger partial charge in [-0.05, 0) is 22.9 Å². The molecule has 0 radical (unpaired) electrons. The lowest BCUT2D eigenvalue weighted by molar-refractivity contribution is 0.104. The molecule has 4 aromatic rings. The minimum Gasteiger partial charge on any atom is -0.360 e. The van der Waals surface area contributed by atoms with Crippen LogP contribution in [0.4, 0.5) is 0 Å². The van der Waals surface area contributed by atoms with Crippen molar-refractivity contribution >= 4 is 39.1 Å². The topological polar surface area (TPSA) is 32.9 Å². The molecule has 3 aromatic carbocycles. The van der Waals surface area contributed by atoms with Crippen molar-refractivity contribution in [1.29, 1.82) is 0 Å². The number of carbonyl (C=O) groups is 1. The number of carbonyl (C=O) groups excluding carboxylic acids is 1. The average molecular weight is 306 g/mol. The summed E-state index contributed by atoms with van der Waals surface area (Å²) in [7, 11) is 0. The predicted molar refractivity (Wildman–Crippen MR) is 90.7 cm³/mol. The number of rotatable bonds is 2. The molecule has 0 aliphatic rings. The Morgan fingerprint density at radius 3 is 2.59 bits per heavy atom. The van der Waals surface area contributed by atoms with Gasteiger partial charge in [-0.2, -0.15) is 0 Å². The molecule has 1 aromatic heterocycles. The Hall–Kier alpha value is -2.58. The van der Waals surface area contributed by atoms with Crippen molar-refractivity contribution in [2.75, 3.05) is 0 Å². The molecule has 0 atom stereocenters. The lowest BCUT2D eigenvalue weighted by Gasteiger charge is -2.05. The highest BCUT2D eigenvalue weighted by Crippen LogP contribution is 2.27. The van der Waals surface area contributed by atoms with Crippen molar-refractivity contribution in [1.82, 2.24) is 4.98 Å². The molecule has 0 fully saturated rings. The Labute approximate surface area is 132 Å². The molecular weight excluding hydrogens is 294 g/mol. The van der Waals surface area contributed by atoms with E-state index >= 15 is 0 Å². The smallest absolute Gasteiger partial charge is 0.195 e. The van der Waals surface area contributed by atoms with Gasteiger partial charge in [0.05, 0.1) is 0 Å². The van der Waals surface area contributed by atoms with Crippen LogP contribution in [0.2, 0.25) is 5.02 Å². The number of aromatic nitrogens is 1. The predicted octanol–water partition coefficient (Wildman–Crippen LogP) is 5.21. The van der Waals surface area contributed by atoms with Gasteiger partial charge in [-0.1, -0.05) is 60.1 Å². The summed E-state index contributed by atoms with van der Waals surface area (Å²) in [6.45, 7) is 0. The van der Waals surface area contributed by atoms with Crippen molar-refractivity contribution in [2.24, 2.45) is 0 Å². The summed E-state index contributed by atoms with van der Waals surface area (Å²) in [5.41, 5.74) is 2.26. The molecule has 0 unspecified atom stereocenters. The van der Waals surface area contributed by atoms with Crippen LogP contribution in [0.15, 0.2) is 66.9 Å². The minimum atomic E-state index is 0.0189. The third kappa shape index (κ3) is 2.00. The van der Waals surface area contributed by atoms with E-state index in [1.165, 1.54) is 0 Å². The molecule has 2 nitrogen and oxygen atoms in total. The van der Waals surface area contributed by atoms with Gasteiger partial charge in [0.2, 0.25) is 0 Å². The molecule has 3 heteroatoms. The maximum absolute atomic E-state index is 13.0. The highest BCUT2D eigenvalue weighted by molar-refractivity contribution is 6.31. The van der Waals surface area contributed by atoms with E-state index in [2.05, 4.69) is 4.98 Å². The van der Waals surface area contributed by atoms with Crippen LogP contribution < -0.4 is 0 Å². The molecule has 22 heavy (non-hydrogen) atoms. The zero-order valence-electron chi connectivity index (χ0n) is 11.6. The quantitative estimate of drug-likeness (QED) is 0.507. The summed E-state index contributed by atoms with van der Waals surface area (Å²) < 4.78 is 0. The number of fused-ring (bicyclic) bond motifs is 2. The normalized spacial score (nSPS) is 11.1. The molecule has 1 N–H and O–H groups in total. The number of ketones is 1. The summed E-state index contributed by atoms with van der Waals surface area (Å²) in [5, 5.41) is 3.58. The Bertz CT molecular complexity index is 1010. The lowest BCUT2D eigenvalue weighted by Crippen LogP contribution is -2.01. The highest BCUT2D eigenvalue weighted by atomic mass is 35.5. The molecule has 0 aliphatic carbocycles. The van der Waals surface area contributed by atoms with Gasteiger partial charge in [0, 0.05) is 33.2 Å². The number of H-pyrrole nitrogens is 1. The fraction of sp³-hybridized carbons (Fsp3) is 0. The van der Waals surface area contributed by atoms with E-state index in [0.29, 0.717) is 16.1 Å². The van der Waals surface area contributed by atoms with Crippen molar-refractivity contribution in [3.8, 4) is 0 Å². The SMILES string of the molecule is O=C(c1cccc2ccccc12)c1c[nH]c2cc(Cl)ccc12. The van der Waals surface area contributed by atoms with Crippen LogP contribution in [0, 0.1) is 0 Å². The third-order valence-electron chi connectivity index (χ3n) is 3.92. The van der Waals surface area contributed by atoms with E-state index in [1.54, 1.807) is 12.3 Å². The molecule has 0 saturated carbocycles. The van der Waals surface area contributed by atoms with Gasteiger partial charge in [-0.15, -0.1) is 0 Å². The second-order valence-corrected chi connectivity index (χ2v) is 5.68. The fourth-order valence-electron chi connectivity index (χ4n) is 2.85. The molecule has 1 heterocycles. The Morgan fingerprint density at radius 2 is 1.68 bits per heavy atom. The zero-order valence-corrected chi connectivity index (χ0v) is 12.4. The maximum atomic E-state index is 13.0. The van der Waals surface area contributed by atoms with Crippen LogP contribution in [0.1, 0.15) is 15.9 Å². The number of aromatic amines is 1. The summed E-state index contributed by atoms with van der Waals surface area (Å²) in [5.74, 6) is 0.0189. The number of hydrogen-bond donors (Lipinski definition) is 1. The highest BCUT2D eigenvalue weighted by Gasteiger charge is 2.16. The van der Waals surface area contributed by atoms with E-state index in [4.69, 9.17) is 11.6 Å². The largest absolute Gasteiger partial charge is 0.360 e. The molecule has 0 aliphatic heterocycles. The van der Waals surface area contributed by atoms with Gasteiger partial charge in [0.15, 0.2) is 5.78 Å². The first-order chi connectivity index (χ1) is 10.7. The van der Waals surface area contributed by atoms with Crippen LogP contribution in [0.3, 0.4) is 0 Å². The van der Waals surface area contributed by atoms with Crippen molar-refractivity contribution in [3.05, 3.63) is 83.0 Å². The summed E-state index contributed by atoms with van der Waals surface area (Å²) in [6, 6.07) is 19.2. The van der Waals surface area contributed by atoms with E-state index in [-0.39, 0.29) is 5.78 Å². The second-order valence-electron chi connectivity index (χ2n) is 5.25. The van der Waals surface area contributed by atoms with Crippen molar-refractivity contribution < 1.29 is 4.79 Å². The van der Waals surface area contributed by atoms with Gasteiger partial charge in [-0.3, -0.25) is 4.79 Å². The number of nitrogens with one attached hydrogen (secondary N) is 1. The molecular formula is C19H12ClNO. The fourth-order valence-corrected chi connectivity index (χ4v) is 3.03. The molecule has 4 rings (SSSR count). The standard InChI is InChI=1S/C19H12ClNO/c20-13-8-9-15-17(11-21-18(15)10-13)19(22)16-7-3-5-12-4-1-2-6-14(12)16/h1-11,21H. The van der Waals surface area contributed by atoms with E-state index in [9.17, 15) is 4.79 Å². The molecule has 0 bridgehead atoms. The first-order valence-electron chi connectivity index (χ1n) is 7.03. The maximum Gasteiger partial charge on any atom is 0.195 e. The monoisotopic (exact) mass is 305 g/mol. The molecule has 0 saturated heterocycles. The van der Waals surface area contributed by atoms with Crippen LogP contribution in [0.25, 0.3) is 21.7 Å². The van der Waals surface area contributed by atoms with Crippen LogP contribution in [-0.2, 0) is 0 Å². The lowest BCUT2D eigenvalue weighted by atomic mass is 9.97. The number of hydrogen-bond acceptors (Lipinski definition) is 1. The van der Waals surface area contributed by atoms with Gasteiger partial charge >= 0.3 is 0 Å². The second kappa shape index (κ2) is 5.00. The minimum absolute atomic E-state index is 0.0189. The van der Waals surface area contributed by atoms with E-state index in [0.717, 1.165) is 21.7 Å². The summed E-state index contributed by atoms with van der Waals surface area (Å²) in [4.78, 5) is 16.1. The van der Waals surface area contributed by atoms with Gasteiger partial charge in [-0.25, -0.2) is 0 Å².